The molecule has 0 spiro atoms. The third-order valence-corrected chi connectivity index (χ3v) is 3.30. The lowest BCUT2D eigenvalue weighted by Gasteiger charge is -2.03. The molecule has 10 nitrogen and oxygen atoms in total. The maximum Gasteiger partial charge on any atom is 0.415 e. The van der Waals surface area contributed by atoms with Crippen molar-refractivity contribution in [3.8, 4) is 23.2 Å². The van der Waals surface area contributed by atoms with Crippen molar-refractivity contribution in [1.82, 2.24) is 20.6 Å². The zero-order valence-electron chi connectivity index (χ0n) is 13.8. The van der Waals surface area contributed by atoms with Gasteiger partial charge in [-0.2, -0.15) is 0 Å². The van der Waals surface area contributed by atoms with Gasteiger partial charge in [-0.3, -0.25) is 4.98 Å². The molecule has 0 aliphatic heterocycles. The fourth-order valence-electron chi connectivity index (χ4n) is 2.06. The third kappa shape index (κ3) is 4.16. The van der Waals surface area contributed by atoms with Crippen LogP contribution in [0.1, 0.15) is 11.3 Å². The van der Waals surface area contributed by atoms with E-state index in [2.05, 4.69) is 20.6 Å². The fourth-order valence-corrected chi connectivity index (χ4v) is 2.06. The predicted molar refractivity (Wildman–Crippen MR) is 86.4 cm³/mol. The van der Waals surface area contributed by atoms with Gasteiger partial charge in [0.2, 0.25) is 0 Å². The Bertz CT molecular complexity index is 861. The number of hydrogen-bond donors (Lipinski definition) is 2. The minimum absolute atomic E-state index is 0.0688. The van der Waals surface area contributed by atoms with E-state index in [-0.39, 0.29) is 31.6 Å². The van der Waals surface area contributed by atoms with Gasteiger partial charge in [-0.1, -0.05) is 11.2 Å². The summed E-state index contributed by atoms with van der Waals surface area (Å²) in [6.07, 6.45) is 0.890. The first-order chi connectivity index (χ1) is 12.7. The van der Waals surface area contributed by atoms with Crippen LogP contribution in [0.25, 0.3) is 11.4 Å². The number of pyridine rings is 1. The van der Waals surface area contributed by atoms with Crippen molar-refractivity contribution in [3.63, 3.8) is 0 Å². The highest BCUT2D eigenvalue weighted by molar-refractivity contribution is 5.69. The summed E-state index contributed by atoms with van der Waals surface area (Å²) < 4.78 is 20.5. The molecule has 136 valence electrons. The summed E-state index contributed by atoms with van der Waals surface area (Å²) in [7, 11) is 0. The first kappa shape index (κ1) is 17.4. The molecule has 0 aliphatic rings. The number of nitrogens with one attached hydrogen (secondary N) is 1. The van der Waals surface area contributed by atoms with Crippen molar-refractivity contribution in [2.75, 3.05) is 13.2 Å². The molecular formula is C16H16N4O6. The Balaban J connectivity index is 1.64. The quantitative estimate of drug-likeness (QED) is 0.645. The van der Waals surface area contributed by atoms with E-state index in [1.165, 1.54) is 6.07 Å². The molecule has 3 heterocycles. The van der Waals surface area contributed by atoms with E-state index < -0.39 is 6.09 Å². The number of ether oxygens (including phenoxy) is 2. The molecule has 0 radical (unpaired) electrons. The predicted octanol–water partition coefficient (Wildman–Crippen LogP) is 1.69. The zero-order valence-corrected chi connectivity index (χ0v) is 13.8. The molecular weight excluding hydrogens is 344 g/mol. The van der Waals surface area contributed by atoms with E-state index in [9.17, 15) is 4.79 Å². The van der Waals surface area contributed by atoms with Crippen molar-refractivity contribution in [2.24, 2.45) is 0 Å². The van der Waals surface area contributed by atoms with Crippen molar-refractivity contribution in [2.45, 2.75) is 13.5 Å². The fraction of sp³-hybridized carbons (Fsp3) is 0.250. The molecule has 0 aliphatic carbocycles. The second-order valence-electron chi connectivity index (χ2n) is 5.09. The van der Waals surface area contributed by atoms with Crippen molar-refractivity contribution in [1.29, 1.82) is 0 Å². The SMILES string of the molecule is Cc1onc(-c2ccccn2)c1COc1cc(OC(=O)NCCO)on1. The molecule has 0 fully saturated rings. The van der Waals surface area contributed by atoms with Crippen LogP contribution < -0.4 is 14.8 Å². The normalized spacial score (nSPS) is 10.5. The lowest BCUT2D eigenvalue weighted by molar-refractivity contribution is 0.175. The molecule has 3 aromatic rings. The second-order valence-corrected chi connectivity index (χ2v) is 5.09. The summed E-state index contributed by atoms with van der Waals surface area (Å²) in [6.45, 7) is 1.75. The Morgan fingerprint density at radius 3 is 2.96 bits per heavy atom. The van der Waals surface area contributed by atoms with Crippen LogP contribution in [0, 0.1) is 6.92 Å². The number of aromatic nitrogens is 3. The first-order valence-electron chi connectivity index (χ1n) is 7.70. The highest BCUT2D eigenvalue weighted by atomic mass is 16.7. The molecule has 0 unspecified atom stereocenters. The van der Waals surface area contributed by atoms with Crippen LogP contribution in [0.5, 0.6) is 11.8 Å². The van der Waals surface area contributed by atoms with Crippen LogP contribution in [-0.4, -0.2) is 39.6 Å². The number of nitrogens with zero attached hydrogens (tertiary/aromatic N) is 3. The van der Waals surface area contributed by atoms with E-state index in [0.717, 1.165) is 5.56 Å². The number of aliphatic hydroxyl groups excluding tert-OH is 1. The largest absolute Gasteiger partial charge is 0.470 e. The number of carbonyl (C=O) groups excluding carboxylic acids is 1. The summed E-state index contributed by atoms with van der Waals surface area (Å²) in [5, 5.41) is 18.6. The standard InChI is InChI=1S/C16H16N4O6/c1-10-11(15(20-25-10)12-4-2-3-5-17-12)9-23-13-8-14(26-19-13)24-16(22)18-6-7-21/h2-5,8,21H,6-7,9H2,1H3,(H,18,22). The van der Waals surface area contributed by atoms with Crippen molar-refractivity contribution < 1.29 is 28.4 Å². The van der Waals surface area contributed by atoms with Gasteiger partial charge in [-0.15, -0.1) is 0 Å². The highest BCUT2D eigenvalue weighted by Gasteiger charge is 2.17. The maximum absolute atomic E-state index is 11.4. The van der Waals surface area contributed by atoms with Crippen molar-refractivity contribution in [3.05, 3.63) is 41.8 Å². The monoisotopic (exact) mass is 360 g/mol. The Hall–Kier alpha value is -3.40. The van der Waals surface area contributed by atoms with Gasteiger partial charge in [-0.05, 0) is 24.2 Å². The van der Waals surface area contributed by atoms with Crippen LogP contribution >= 0.6 is 0 Å². The number of amides is 1. The van der Waals surface area contributed by atoms with E-state index in [1.807, 2.05) is 12.1 Å². The van der Waals surface area contributed by atoms with Crippen LogP contribution in [0.2, 0.25) is 0 Å². The number of hydrogen-bond acceptors (Lipinski definition) is 9. The Morgan fingerprint density at radius 1 is 1.31 bits per heavy atom. The molecule has 0 aromatic carbocycles. The van der Waals surface area contributed by atoms with Crippen molar-refractivity contribution >= 4 is 6.09 Å². The number of carbonyl (C=O) groups is 1. The van der Waals surface area contributed by atoms with Crippen LogP contribution in [-0.2, 0) is 6.61 Å². The Kier molecular flexibility index (Phi) is 5.44. The van der Waals surface area contributed by atoms with Crippen LogP contribution in [0.4, 0.5) is 4.79 Å². The lowest BCUT2D eigenvalue weighted by Crippen LogP contribution is -2.29. The molecule has 3 aromatic heterocycles. The van der Waals surface area contributed by atoms with Gasteiger partial charge in [0, 0.05) is 12.7 Å². The average Bonchev–Trinajstić information content (AvgIpc) is 3.25. The maximum atomic E-state index is 11.4. The van der Waals surface area contributed by atoms with E-state index in [4.69, 9.17) is 23.6 Å². The summed E-state index contributed by atoms with van der Waals surface area (Å²) in [6, 6.07) is 6.79. The minimum atomic E-state index is -0.769. The molecule has 0 atom stereocenters. The summed E-state index contributed by atoms with van der Waals surface area (Å²) in [4.78, 5) is 15.6. The topological polar surface area (TPSA) is 133 Å². The first-order valence-corrected chi connectivity index (χ1v) is 7.70. The van der Waals surface area contributed by atoms with Gasteiger partial charge >= 0.3 is 12.0 Å². The van der Waals surface area contributed by atoms with Gasteiger partial charge < -0.3 is 28.9 Å². The van der Waals surface area contributed by atoms with Gasteiger partial charge in [-0.25, -0.2) is 4.79 Å². The third-order valence-electron chi connectivity index (χ3n) is 3.30. The minimum Gasteiger partial charge on any atom is -0.470 e. The second kappa shape index (κ2) is 8.12. The average molecular weight is 360 g/mol. The summed E-state index contributed by atoms with van der Waals surface area (Å²) >= 11 is 0. The van der Waals surface area contributed by atoms with Gasteiger partial charge in [0.1, 0.15) is 18.1 Å². The summed E-state index contributed by atoms with van der Waals surface area (Å²) in [5.74, 6) is 0.582. The number of rotatable bonds is 7. The molecule has 0 bridgehead atoms. The number of aliphatic hydroxyl groups is 1. The van der Waals surface area contributed by atoms with Gasteiger partial charge in [0.15, 0.2) is 0 Å². The molecule has 3 rings (SSSR count). The van der Waals surface area contributed by atoms with Gasteiger partial charge in [0.25, 0.3) is 5.88 Å². The lowest BCUT2D eigenvalue weighted by atomic mass is 10.1. The molecule has 26 heavy (non-hydrogen) atoms. The van der Waals surface area contributed by atoms with E-state index >= 15 is 0 Å². The molecule has 1 amide bonds. The highest BCUT2D eigenvalue weighted by Crippen LogP contribution is 2.26. The smallest absolute Gasteiger partial charge is 0.415 e. The Morgan fingerprint density at radius 2 is 2.19 bits per heavy atom. The van der Waals surface area contributed by atoms with Crippen LogP contribution in [0.15, 0.2) is 39.5 Å². The molecule has 0 saturated heterocycles. The van der Waals surface area contributed by atoms with Crippen LogP contribution in [0.3, 0.4) is 0 Å². The molecule has 2 N–H and O–H groups in total. The Labute approximate surface area is 147 Å². The molecule has 0 saturated carbocycles. The number of aryl methyl sites for hydroxylation is 1. The van der Waals surface area contributed by atoms with Gasteiger partial charge in [0.05, 0.1) is 23.9 Å². The zero-order chi connectivity index (χ0) is 18.4. The van der Waals surface area contributed by atoms with E-state index in [0.29, 0.717) is 17.1 Å². The summed E-state index contributed by atoms with van der Waals surface area (Å²) in [5.41, 5.74) is 1.95. The molecule has 10 heteroatoms. The van der Waals surface area contributed by atoms with E-state index in [1.54, 1.807) is 19.2 Å².